The number of pyridine rings is 1. The summed E-state index contributed by atoms with van der Waals surface area (Å²) in [6.45, 7) is 8.36. The maximum absolute atomic E-state index is 4.52. The summed E-state index contributed by atoms with van der Waals surface area (Å²) in [7, 11) is 0. The molecular formula is C15H22N4. The molecule has 4 heteroatoms. The Kier molecular flexibility index (Phi) is 4.68. The van der Waals surface area contributed by atoms with E-state index in [0.717, 1.165) is 31.0 Å². The molecule has 0 bridgehead atoms. The van der Waals surface area contributed by atoms with Crippen molar-refractivity contribution < 1.29 is 0 Å². The van der Waals surface area contributed by atoms with Crippen molar-refractivity contribution >= 4 is 0 Å². The van der Waals surface area contributed by atoms with Crippen LogP contribution in [0.25, 0.3) is 5.82 Å². The molecular weight excluding hydrogens is 236 g/mol. The van der Waals surface area contributed by atoms with E-state index < -0.39 is 0 Å². The molecule has 0 aliphatic heterocycles. The molecule has 19 heavy (non-hydrogen) atoms. The van der Waals surface area contributed by atoms with Gasteiger partial charge in [0.05, 0.1) is 5.69 Å². The summed E-state index contributed by atoms with van der Waals surface area (Å²) in [5, 5.41) is 7.89. The average molecular weight is 258 g/mol. The molecule has 2 rings (SSSR count). The summed E-state index contributed by atoms with van der Waals surface area (Å²) in [6, 6.07) is 6.16. The number of hydrogen-bond acceptors (Lipinski definition) is 3. The lowest BCUT2D eigenvalue weighted by Crippen LogP contribution is -2.14. The minimum atomic E-state index is 0.443. The molecule has 2 heterocycles. The largest absolute Gasteiger partial charge is 0.313 e. The van der Waals surface area contributed by atoms with Gasteiger partial charge in [0.2, 0.25) is 0 Å². The highest BCUT2D eigenvalue weighted by Gasteiger charge is 2.05. The fraction of sp³-hybridized carbons (Fsp3) is 0.467. The molecule has 1 N–H and O–H groups in total. The van der Waals surface area contributed by atoms with E-state index in [4.69, 9.17) is 0 Å². The summed E-state index contributed by atoms with van der Waals surface area (Å²) < 4.78 is 1.83. The molecule has 0 saturated carbocycles. The zero-order chi connectivity index (χ0) is 13.7. The van der Waals surface area contributed by atoms with Crippen LogP contribution in [0.2, 0.25) is 0 Å². The van der Waals surface area contributed by atoms with Crippen LogP contribution in [0.15, 0.2) is 30.6 Å². The molecule has 0 atom stereocenters. The summed E-state index contributed by atoms with van der Waals surface area (Å²) in [5.41, 5.74) is 2.30. The van der Waals surface area contributed by atoms with Gasteiger partial charge in [0.25, 0.3) is 0 Å². The Morgan fingerprint density at radius 3 is 2.68 bits per heavy atom. The quantitative estimate of drug-likeness (QED) is 0.810. The Bertz CT molecular complexity index is 499. The fourth-order valence-corrected chi connectivity index (χ4v) is 1.84. The summed E-state index contributed by atoms with van der Waals surface area (Å²) in [4.78, 5) is 4.46. The van der Waals surface area contributed by atoms with E-state index in [9.17, 15) is 0 Å². The van der Waals surface area contributed by atoms with Crippen molar-refractivity contribution in [3.63, 3.8) is 0 Å². The monoisotopic (exact) mass is 258 g/mol. The number of hydrogen-bond donors (Lipinski definition) is 1. The normalized spacial score (nSPS) is 11.2. The standard InChI is InChI=1S/C15H22N4/c1-4-8-16-10-13-5-6-15(17-11-13)19-9-7-14(18-19)12(2)3/h5-7,9,11-12,16H,4,8,10H2,1-3H3. The third-order valence-electron chi connectivity index (χ3n) is 3.00. The zero-order valence-corrected chi connectivity index (χ0v) is 11.9. The SMILES string of the molecule is CCCNCc1ccc(-n2ccc(C(C)C)n2)nc1. The molecule has 0 unspecified atom stereocenters. The first kappa shape index (κ1) is 13.7. The third-order valence-corrected chi connectivity index (χ3v) is 3.00. The Morgan fingerprint density at radius 2 is 2.11 bits per heavy atom. The van der Waals surface area contributed by atoms with Crippen molar-refractivity contribution in [1.29, 1.82) is 0 Å². The van der Waals surface area contributed by atoms with Gasteiger partial charge in [-0.05, 0) is 36.6 Å². The second-order valence-electron chi connectivity index (χ2n) is 5.04. The summed E-state index contributed by atoms with van der Waals surface area (Å²) in [5.74, 6) is 1.31. The van der Waals surface area contributed by atoms with E-state index >= 15 is 0 Å². The minimum absolute atomic E-state index is 0.443. The van der Waals surface area contributed by atoms with Gasteiger partial charge < -0.3 is 5.32 Å². The van der Waals surface area contributed by atoms with Gasteiger partial charge in [0, 0.05) is 18.9 Å². The minimum Gasteiger partial charge on any atom is -0.313 e. The van der Waals surface area contributed by atoms with Crippen LogP contribution in [-0.4, -0.2) is 21.3 Å². The topological polar surface area (TPSA) is 42.7 Å². The van der Waals surface area contributed by atoms with Crippen molar-refractivity contribution in [2.75, 3.05) is 6.54 Å². The molecule has 0 radical (unpaired) electrons. The van der Waals surface area contributed by atoms with Gasteiger partial charge in [0.1, 0.15) is 0 Å². The summed E-state index contributed by atoms with van der Waals surface area (Å²) >= 11 is 0. The smallest absolute Gasteiger partial charge is 0.153 e. The van der Waals surface area contributed by atoms with Crippen LogP contribution in [0.5, 0.6) is 0 Å². The summed E-state index contributed by atoms with van der Waals surface area (Å²) in [6.07, 6.45) is 5.03. The van der Waals surface area contributed by atoms with Crippen LogP contribution in [0.1, 0.15) is 44.4 Å². The van der Waals surface area contributed by atoms with Crippen molar-refractivity contribution in [3.05, 3.63) is 41.9 Å². The number of rotatable bonds is 6. The van der Waals surface area contributed by atoms with Crippen molar-refractivity contribution in [1.82, 2.24) is 20.1 Å². The lowest BCUT2D eigenvalue weighted by molar-refractivity contribution is 0.673. The van der Waals surface area contributed by atoms with Gasteiger partial charge in [0.15, 0.2) is 5.82 Å². The highest BCUT2D eigenvalue weighted by Crippen LogP contribution is 2.13. The van der Waals surface area contributed by atoms with E-state index in [1.54, 1.807) is 0 Å². The van der Waals surface area contributed by atoms with Gasteiger partial charge in [-0.15, -0.1) is 0 Å². The highest BCUT2D eigenvalue weighted by atomic mass is 15.3. The Balaban J connectivity index is 2.04. The van der Waals surface area contributed by atoms with Gasteiger partial charge in [-0.25, -0.2) is 9.67 Å². The van der Waals surface area contributed by atoms with Gasteiger partial charge in [-0.1, -0.05) is 26.8 Å². The molecule has 0 aromatic carbocycles. The average Bonchev–Trinajstić information content (AvgIpc) is 2.90. The fourth-order valence-electron chi connectivity index (χ4n) is 1.84. The molecule has 0 saturated heterocycles. The number of nitrogens with one attached hydrogen (secondary N) is 1. The number of aromatic nitrogens is 3. The second-order valence-corrected chi connectivity index (χ2v) is 5.04. The van der Waals surface area contributed by atoms with Gasteiger partial charge in [-0.2, -0.15) is 5.10 Å². The molecule has 0 aliphatic carbocycles. The van der Waals surface area contributed by atoms with Crippen LogP contribution >= 0.6 is 0 Å². The van der Waals surface area contributed by atoms with Crippen LogP contribution in [-0.2, 0) is 6.54 Å². The van der Waals surface area contributed by atoms with Crippen LogP contribution in [0, 0.1) is 0 Å². The first-order valence-corrected chi connectivity index (χ1v) is 6.92. The third kappa shape index (κ3) is 3.64. The molecule has 0 fully saturated rings. The Hall–Kier alpha value is -1.68. The molecule has 0 spiro atoms. The predicted molar refractivity (Wildman–Crippen MR) is 77.4 cm³/mol. The Labute approximate surface area is 114 Å². The molecule has 0 aliphatic rings. The van der Waals surface area contributed by atoms with E-state index in [2.05, 4.69) is 42.2 Å². The molecule has 0 amide bonds. The second kappa shape index (κ2) is 6.48. The first-order chi connectivity index (χ1) is 9.20. The maximum Gasteiger partial charge on any atom is 0.153 e. The zero-order valence-electron chi connectivity index (χ0n) is 11.9. The van der Waals surface area contributed by atoms with E-state index in [1.165, 1.54) is 5.56 Å². The highest BCUT2D eigenvalue weighted by molar-refractivity contribution is 5.25. The van der Waals surface area contributed by atoms with E-state index in [1.807, 2.05) is 29.2 Å². The number of nitrogens with zero attached hydrogens (tertiary/aromatic N) is 3. The molecule has 2 aromatic heterocycles. The van der Waals surface area contributed by atoms with Gasteiger partial charge >= 0.3 is 0 Å². The maximum atomic E-state index is 4.52. The molecule has 2 aromatic rings. The van der Waals surface area contributed by atoms with Crippen LogP contribution < -0.4 is 5.32 Å². The van der Waals surface area contributed by atoms with Crippen LogP contribution in [0.3, 0.4) is 0 Å². The molecule has 102 valence electrons. The lowest BCUT2D eigenvalue weighted by Gasteiger charge is -2.05. The van der Waals surface area contributed by atoms with Crippen molar-refractivity contribution in [2.24, 2.45) is 0 Å². The van der Waals surface area contributed by atoms with E-state index in [-0.39, 0.29) is 0 Å². The van der Waals surface area contributed by atoms with Gasteiger partial charge in [-0.3, -0.25) is 0 Å². The Morgan fingerprint density at radius 1 is 1.26 bits per heavy atom. The van der Waals surface area contributed by atoms with Crippen molar-refractivity contribution in [2.45, 2.75) is 39.7 Å². The molecule has 4 nitrogen and oxygen atoms in total. The first-order valence-electron chi connectivity index (χ1n) is 6.92. The lowest BCUT2D eigenvalue weighted by atomic mass is 10.1. The van der Waals surface area contributed by atoms with E-state index in [0.29, 0.717) is 5.92 Å². The predicted octanol–water partition coefficient (Wildman–Crippen LogP) is 2.89. The van der Waals surface area contributed by atoms with Crippen molar-refractivity contribution in [3.8, 4) is 5.82 Å². The van der Waals surface area contributed by atoms with Crippen LogP contribution in [0.4, 0.5) is 0 Å².